The van der Waals surface area contributed by atoms with Gasteiger partial charge in [-0.2, -0.15) is 0 Å². The molecule has 0 bridgehead atoms. The van der Waals surface area contributed by atoms with Crippen molar-refractivity contribution in [3.63, 3.8) is 0 Å². The van der Waals surface area contributed by atoms with Gasteiger partial charge < -0.3 is 9.64 Å². The predicted octanol–water partition coefficient (Wildman–Crippen LogP) is 7.43. The summed E-state index contributed by atoms with van der Waals surface area (Å²) in [5.41, 5.74) is 2.70. The number of halogens is 2. The van der Waals surface area contributed by atoms with Crippen molar-refractivity contribution in [2.45, 2.75) is 63.8 Å². The van der Waals surface area contributed by atoms with Gasteiger partial charge in [0.15, 0.2) is 0 Å². The van der Waals surface area contributed by atoms with Crippen molar-refractivity contribution in [1.29, 1.82) is 0 Å². The summed E-state index contributed by atoms with van der Waals surface area (Å²) in [5, 5.41) is 3.78. The lowest BCUT2D eigenvalue weighted by molar-refractivity contribution is -0.0381. The molecule has 47 heavy (non-hydrogen) atoms. The third kappa shape index (κ3) is 8.40. The lowest BCUT2D eigenvalue weighted by atomic mass is 9.89. The van der Waals surface area contributed by atoms with Crippen LogP contribution < -0.4 is 0 Å². The van der Waals surface area contributed by atoms with Crippen LogP contribution in [0.1, 0.15) is 59.3 Å². The first kappa shape index (κ1) is 32.3. The van der Waals surface area contributed by atoms with Crippen molar-refractivity contribution < 1.29 is 23.1 Å². The molecule has 2 amide bonds. The van der Waals surface area contributed by atoms with Gasteiger partial charge in [0.25, 0.3) is 0 Å². The molecule has 6 rings (SSSR count). The number of carbonyl (C=O) groups is 2. The fraction of sp³-hybridized carbons (Fsp3) is 0.342. The van der Waals surface area contributed by atoms with Crippen LogP contribution in [0.3, 0.4) is 0 Å². The van der Waals surface area contributed by atoms with Gasteiger partial charge in [0, 0.05) is 19.3 Å². The molecule has 1 saturated heterocycles. The van der Waals surface area contributed by atoms with E-state index in [4.69, 9.17) is 4.74 Å². The van der Waals surface area contributed by atoms with E-state index in [1.165, 1.54) is 30.7 Å². The van der Waals surface area contributed by atoms with Crippen LogP contribution in [0.2, 0.25) is 0 Å². The molecular weight excluding hydrogens is 598 g/mol. The average Bonchev–Trinajstić information content (AvgIpc) is 3.19. The van der Waals surface area contributed by atoms with Gasteiger partial charge in [0.2, 0.25) is 0 Å². The van der Waals surface area contributed by atoms with E-state index in [1.54, 1.807) is 58.6 Å². The minimum absolute atomic E-state index is 0.172. The SMILES string of the molecule is O=C(O[C@H]1CN(CC2CCCCC2)N(Cc2ccc(F)cc2)C(=O)N(Cc2ccc(F)cc2)[C@H]1Cc1ccccc1)c1ccccn1. The summed E-state index contributed by atoms with van der Waals surface area (Å²) in [5.74, 6) is -0.907. The quantitative estimate of drug-likeness (QED) is 0.169. The van der Waals surface area contributed by atoms with Gasteiger partial charge in [-0.3, -0.25) is 5.01 Å². The highest BCUT2D eigenvalue weighted by Gasteiger charge is 2.43. The molecule has 0 spiro atoms. The summed E-state index contributed by atoms with van der Waals surface area (Å²) in [4.78, 5) is 34.5. The van der Waals surface area contributed by atoms with Crippen molar-refractivity contribution in [2.75, 3.05) is 13.1 Å². The number of aromatic nitrogens is 1. The number of esters is 1. The fourth-order valence-corrected chi connectivity index (χ4v) is 6.68. The molecule has 2 fully saturated rings. The molecule has 1 saturated carbocycles. The number of hydrazine groups is 1. The number of hydrogen-bond donors (Lipinski definition) is 0. The minimum Gasteiger partial charge on any atom is -0.454 e. The zero-order valence-corrected chi connectivity index (χ0v) is 26.4. The summed E-state index contributed by atoms with van der Waals surface area (Å²) >= 11 is 0. The second-order valence-corrected chi connectivity index (χ2v) is 12.5. The van der Waals surface area contributed by atoms with Crippen LogP contribution in [0.5, 0.6) is 0 Å². The summed E-state index contributed by atoms with van der Waals surface area (Å²) in [6.45, 7) is 1.28. The highest BCUT2D eigenvalue weighted by molar-refractivity contribution is 5.87. The van der Waals surface area contributed by atoms with Crippen molar-refractivity contribution in [1.82, 2.24) is 19.9 Å². The first-order valence-corrected chi connectivity index (χ1v) is 16.4. The van der Waals surface area contributed by atoms with E-state index in [0.29, 0.717) is 18.9 Å². The van der Waals surface area contributed by atoms with Crippen molar-refractivity contribution in [3.05, 3.63) is 137 Å². The maximum absolute atomic E-state index is 15.0. The lowest BCUT2D eigenvalue weighted by Gasteiger charge is -2.38. The molecule has 0 N–H and O–H groups in total. The van der Waals surface area contributed by atoms with Crippen LogP contribution in [-0.4, -0.2) is 57.1 Å². The molecule has 2 heterocycles. The second kappa shape index (κ2) is 15.3. The van der Waals surface area contributed by atoms with Crippen molar-refractivity contribution in [2.24, 2.45) is 5.92 Å². The maximum Gasteiger partial charge on any atom is 0.357 e. The molecule has 3 aromatic carbocycles. The largest absolute Gasteiger partial charge is 0.454 e. The molecular formula is C38H40F2N4O3. The average molecular weight is 639 g/mol. The highest BCUT2D eigenvalue weighted by Crippen LogP contribution is 2.30. The van der Waals surface area contributed by atoms with E-state index in [0.717, 1.165) is 42.4 Å². The normalized spacial score (nSPS) is 19.4. The van der Waals surface area contributed by atoms with Crippen LogP contribution in [-0.2, 0) is 24.2 Å². The molecule has 9 heteroatoms. The van der Waals surface area contributed by atoms with Gasteiger partial charge >= 0.3 is 12.0 Å². The van der Waals surface area contributed by atoms with E-state index in [-0.39, 0.29) is 43.0 Å². The molecule has 1 aliphatic heterocycles. The predicted molar refractivity (Wildman–Crippen MR) is 175 cm³/mol. The molecule has 7 nitrogen and oxygen atoms in total. The number of ether oxygens (including phenoxy) is 1. The topological polar surface area (TPSA) is 66.0 Å². The van der Waals surface area contributed by atoms with Crippen molar-refractivity contribution >= 4 is 12.0 Å². The smallest absolute Gasteiger partial charge is 0.357 e. The van der Waals surface area contributed by atoms with Crippen LogP contribution in [0, 0.1) is 17.6 Å². The van der Waals surface area contributed by atoms with Gasteiger partial charge in [0.1, 0.15) is 23.4 Å². The van der Waals surface area contributed by atoms with Crippen molar-refractivity contribution in [3.8, 4) is 0 Å². The Morgan fingerprint density at radius 1 is 0.766 bits per heavy atom. The first-order chi connectivity index (χ1) is 22.9. The van der Waals surface area contributed by atoms with Gasteiger partial charge in [-0.15, -0.1) is 0 Å². The number of urea groups is 1. The number of rotatable bonds is 10. The Hall–Kier alpha value is -4.63. The number of benzene rings is 3. The maximum atomic E-state index is 15.0. The summed E-state index contributed by atoms with van der Waals surface area (Å²) < 4.78 is 34.2. The Morgan fingerprint density at radius 2 is 1.40 bits per heavy atom. The number of nitrogens with zero attached hydrogens (tertiary/aromatic N) is 4. The summed E-state index contributed by atoms with van der Waals surface area (Å²) in [6.07, 6.45) is 6.83. The van der Waals surface area contributed by atoms with Crippen LogP contribution in [0.4, 0.5) is 13.6 Å². The first-order valence-electron chi connectivity index (χ1n) is 16.4. The fourth-order valence-electron chi connectivity index (χ4n) is 6.68. The van der Waals surface area contributed by atoms with Gasteiger partial charge in [0.05, 0.1) is 19.1 Å². The van der Waals surface area contributed by atoms with E-state index in [2.05, 4.69) is 4.98 Å². The van der Waals surface area contributed by atoms with Crippen LogP contribution in [0.15, 0.2) is 103 Å². The number of amides is 2. The van der Waals surface area contributed by atoms with Crippen LogP contribution in [0.25, 0.3) is 0 Å². The summed E-state index contributed by atoms with van der Waals surface area (Å²) in [7, 11) is 0. The number of pyridine rings is 1. The second-order valence-electron chi connectivity index (χ2n) is 12.5. The van der Waals surface area contributed by atoms with E-state index < -0.39 is 18.1 Å². The summed E-state index contributed by atoms with van der Waals surface area (Å²) in [6, 6.07) is 26.4. The molecule has 1 aromatic heterocycles. The molecule has 2 aliphatic rings. The zero-order chi connectivity index (χ0) is 32.6. The molecule has 0 radical (unpaired) electrons. The van der Waals surface area contributed by atoms with E-state index in [9.17, 15) is 18.4 Å². The van der Waals surface area contributed by atoms with Crippen LogP contribution >= 0.6 is 0 Å². The standard InChI is InChI=1S/C38H40F2N4O3/c39-32-18-14-30(15-19-32)25-43-35(23-28-9-3-1-4-10-28)36(47-37(45)34-13-7-8-22-41-34)27-42(24-29-11-5-2-6-12-29)44(38(43)46)26-31-16-20-33(40)21-17-31/h1,3-4,7-10,13-22,29,35-36H,2,5-6,11-12,23-27H2/t35-,36-/m0/s1. The molecule has 0 unspecified atom stereocenters. The van der Waals surface area contributed by atoms with Gasteiger partial charge in [-0.1, -0.05) is 79.9 Å². The minimum atomic E-state index is -0.726. The third-order valence-electron chi connectivity index (χ3n) is 9.15. The molecule has 244 valence electrons. The Balaban J connectivity index is 1.43. The molecule has 4 aromatic rings. The van der Waals surface area contributed by atoms with E-state index >= 15 is 0 Å². The Bertz CT molecular complexity index is 1600. The highest BCUT2D eigenvalue weighted by atomic mass is 19.1. The number of hydrogen-bond acceptors (Lipinski definition) is 5. The third-order valence-corrected chi connectivity index (χ3v) is 9.15. The van der Waals surface area contributed by atoms with Gasteiger partial charge in [-0.05, 0) is 78.3 Å². The Kier molecular flexibility index (Phi) is 10.5. The monoisotopic (exact) mass is 638 g/mol. The number of carbonyl (C=O) groups excluding carboxylic acids is 2. The van der Waals surface area contributed by atoms with E-state index in [1.807, 2.05) is 35.3 Å². The molecule has 1 aliphatic carbocycles. The lowest BCUT2D eigenvalue weighted by Crippen LogP contribution is -2.52. The Morgan fingerprint density at radius 3 is 2.04 bits per heavy atom. The molecule has 2 atom stereocenters. The zero-order valence-electron chi connectivity index (χ0n) is 26.4. The Labute approximate surface area is 274 Å². The van der Waals surface area contributed by atoms with Gasteiger partial charge in [-0.25, -0.2) is 28.4 Å².